The molecular formula is C10H17. The molecule has 0 heteroatoms. The fraction of sp³-hybridized carbons (Fsp3) is 0.700. The maximum Gasteiger partial charge on any atom is 0.0145 e. The van der Waals surface area contributed by atoms with E-state index in [1.807, 2.05) is 0 Å². The zero-order valence-corrected chi connectivity index (χ0v) is 7.49. The van der Waals surface area contributed by atoms with Crippen LogP contribution in [0.4, 0.5) is 0 Å². The van der Waals surface area contributed by atoms with Crippen LogP contribution in [0.3, 0.4) is 0 Å². The Morgan fingerprint density at radius 1 is 1.20 bits per heavy atom. The van der Waals surface area contributed by atoms with Gasteiger partial charge in [-0.25, -0.2) is 0 Å². The third-order valence-corrected chi connectivity index (χ3v) is 1.08. The van der Waals surface area contributed by atoms with Crippen molar-refractivity contribution in [1.82, 2.24) is 0 Å². The molecule has 0 atom stereocenters. The summed E-state index contributed by atoms with van der Waals surface area (Å²) in [6.07, 6.45) is 2.00. The summed E-state index contributed by atoms with van der Waals surface area (Å²) in [6, 6.07) is 0. The third-order valence-electron chi connectivity index (χ3n) is 1.08. The molecule has 0 N–H and O–H groups in total. The van der Waals surface area contributed by atoms with Crippen molar-refractivity contribution in [2.24, 2.45) is 5.92 Å². The van der Waals surface area contributed by atoms with Crippen LogP contribution in [0.15, 0.2) is 0 Å². The van der Waals surface area contributed by atoms with Crippen LogP contribution in [0.5, 0.6) is 0 Å². The number of rotatable bonds is 2. The molecule has 0 fully saturated rings. The highest BCUT2D eigenvalue weighted by Gasteiger charge is 1.88. The van der Waals surface area contributed by atoms with Crippen LogP contribution in [0, 0.1) is 23.7 Å². The first-order chi connectivity index (χ1) is 4.63. The van der Waals surface area contributed by atoms with Crippen LogP contribution < -0.4 is 0 Å². The van der Waals surface area contributed by atoms with Crippen molar-refractivity contribution in [2.45, 2.75) is 40.5 Å². The quantitative estimate of drug-likeness (QED) is 0.513. The van der Waals surface area contributed by atoms with Crippen molar-refractivity contribution in [3.8, 4) is 11.8 Å². The van der Waals surface area contributed by atoms with Gasteiger partial charge >= 0.3 is 0 Å². The Balaban J connectivity index is 3.32. The van der Waals surface area contributed by atoms with E-state index >= 15 is 0 Å². The van der Waals surface area contributed by atoms with Crippen LogP contribution in [0.2, 0.25) is 0 Å². The minimum absolute atomic E-state index is 0.713. The van der Waals surface area contributed by atoms with Gasteiger partial charge < -0.3 is 0 Å². The molecule has 0 aliphatic rings. The second-order valence-corrected chi connectivity index (χ2v) is 3.34. The molecule has 0 aromatic rings. The van der Waals surface area contributed by atoms with Gasteiger partial charge in [0.15, 0.2) is 0 Å². The largest absolute Gasteiger partial charge is 0.103 e. The zero-order chi connectivity index (χ0) is 7.98. The van der Waals surface area contributed by atoms with Gasteiger partial charge in [0.1, 0.15) is 0 Å². The SMILES string of the molecule is C[C](C)CC#CCC(C)C. The molecule has 0 aromatic carbocycles. The summed E-state index contributed by atoms with van der Waals surface area (Å²) in [5, 5.41) is 0. The van der Waals surface area contributed by atoms with E-state index in [-0.39, 0.29) is 0 Å². The fourth-order valence-corrected chi connectivity index (χ4v) is 0.516. The lowest BCUT2D eigenvalue weighted by Gasteiger charge is -1.94. The summed E-state index contributed by atoms with van der Waals surface area (Å²) in [4.78, 5) is 0. The summed E-state index contributed by atoms with van der Waals surface area (Å²) in [5.41, 5.74) is 0. The monoisotopic (exact) mass is 137 g/mol. The number of hydrogen-bond donors (Lipinski definition) is 0. The molecule has 0 saturated heterocycles. The predicted octanol–water partition coefficient (Wildman–Crippen LogP) is 3.04. The first-order valence-corrected chi connectivity index (χ1v) is 3.87. The van der Waals surface area contributed by atoms with Crippen molar-refractivity contribution in [2.75, 3.05) is 0 Å². The van der Waals surface area contributed by atoms with E-state index in [0.717, 1.165) is 12.8 Å². The van der Waals surface area contributed by atoms with Crippen LogP contribution in [0.1, 0.15) is 40.5 Å². The zero-order valence-electron chi connectivity index (χ0n) is 7.49. The van der Waals surface area contributed by atoms with E-state index in [1.165, 1.54) is 5.92 Å². The maximum absolute atomic E-state index is 3.15. The third kappa shape index (κ3) is 7.56. The summed E-state index contributed by atoms with van der Waals surface area (Å²) in [7, 11) is 0. The molecule has 0 nitrogen and oxygen atoms in total. The van der Waals surface area contributed by atoms with Gasteiger partial charge in [0.25, 0.3) is 0 Å². The molecule has 0 spiro atoms. The first kappa shape index (κ1) is 9.56. The molecule has 0 saturated carbocycles. The Morgan fingerprint density at radius 3 is 2.20 bits per heavy atom. The number of hydrogen-bond acceptors (Lipinski definition) is 0. The van der Waals surface area contributed by atoms with Gasteiger partial charge in [0.2, 0.25) is 0 Å². The molecule has 0 heterocycles. The van der Waals surface area contributed by atoms with Gasteiger partial charge in [-0.2, -0.15) is 0 Å². The first-order valence-electron chi connectivity index (χ1n) is 3.87. The highest BCUT2D eigenvalue weighted by molar-refractivity contribution is 5.05. The van der Waals surface area contributed by atoms with Gasteiger partial charge in [-0.3, -0.25) is 0 Å². The van der Waals surface area contributed by atoms with E-state index in [1.54, 1.807) is 0 Å². The van der Waals surface area contributed by atoms with Crippen molar-refractivity contribution in [3.05, 3.63) is 5.92 Å². The minimum atomic E-state index is 0.713. The average molecular weight is 137 g/mol. The lowest BCUT2D eigenvalue weighted by Crippen LogP contribution is -1.83. The van der Waals surface area contributed by atoms with E-state index in [2.05, 4.69) is 39.5 Å². The fourth-order valence-electron chi connectivity index (χ4n) is 0.516. The highest BCUT2D eigenvalue weighted by Crippen LogP contribution is 2.00. The van der Waals surface area contributed by atoms with E-state index in [4.69, 9.17) is 0 Å². The van der Waals surface area contributed by atoms with Gasteiger partial charge in [-0.15, -0.1) is 11.8 Å². The van der Waals surface area contributed by atoms with Crippen LogP contribution >= 0.6 is 0 Å². The Morgan fingerprint density at radius 2 is 1.80 bits per heavy atom. The maximum atomic E-state index is 3.15. The Bertz CT molecular complexity index is 107. The Kier molecular flexibility index (Phi) is 5.12. The smallest absolute Gasteiger partial charge is 0.0145 e. The molecule has 0 bridgehead atoms. The molecular weight excluding hydrogens is 120 g/mol. The van der Waals surface area contributed by atoms with Crippen molar-refractivity contribution in [1.29, 1.82) is 0 Å². The molecule has 0 aliphatic heterocycles. The molecule has 10 heavy (non-hydrogen) atoms. The van der Waals surface area contributed by atoms with Crippen LogP contribution in [-0.2, 0) is 0 Å². The second-order valence-electron chi connectivity index (χ2n) is 3.34. The van der Waals surface area contributed by atoms with Gasteiger partial charge in [-0.05, 0) is 11.8 Å². The molecule has 0 unspecified atom stereocenters. The lowest BCUT2D eigenvalue weighted by atomic mass is 10.1. The standard InChI is InChI=1S/C10H17/c1-9(2)7-5-6-8-10(3)4/h9H,7-8H2,1-4H3. The Labute approximate surface area is 65.0 Å². The molecule has 0 aromatic heterocycles. The van der Waals surface area contributed by atoms with Crippen molar-refractivity contribution in [3.63, 3.8) is 0 Å². The van der Waals surface area contributed by atoms with Crippen LogP contribution in [0.25, 0.3) is 0 Å². The second kappa shape index (κ2) is 5.35. The molecule has 0 aliphatic carbocycles. The Hall–Kier alpha value is -0.440. The summed E-state index contributed by atoms with van der Waals surface area (Å²) < 4.78 is 0. The predicted molar refractivity (Wildman–Crippen MR) is 46.4 cm³/mol. The summed E-state index contributed by atoms with van der Waals surface area (Å²) in [5.74, 6) is 8.39. The minimum Gasteiger partial charge on any atom is -0.103 e. The van der Waals surface area contributed by atoms with E-state index in [9.17, 15) is 0 Å². The van der Waals surface area contributed by atoms with Gasteiger partial charge in [0.05, 0.1) is 0 Å². The van der Waals surface area contributed by atoms with Crippen molar-refractivity contribution < 1.29 is 0 Å². The summed E-state index contributed by atoms with van der Waals surface area (Å²) in [6.45, 7) is 8.61. The average Bonchev–Trinajstić information content (AvgIpc) is 1.79. The van der Waals surface area contributed by atoms with Crippen molar-refractivity contribution >= 4 is 0 Å². The summed E-state index contributed by atoms with van der Waals surface area (Å²) >= 11 is 0. The highest BCUT2D eigenvalue weighted by atomic mass is 13.9. The normalized spacial score (nSPS) is 9.80. The van der Waals surface area contributed by atoms with E-state index in [0.29, 0.717) is 5.92 Å². The van der Waals surface area contributed by atoms with Crippen LogP contribution in [-0.4, -0.2) is 0 Å². The molecule has 1 radical (unpaired) electrons. The topological polar surface area (TPSA) is 0 Å². The lowest BCUT2D eigenvalue weighted by molar-refractivity contribution is 0.675. The molecule has 0 amide bonds. The van der Waals surface area contributed by atoms with E-state index < -0.39 is 0 Å². The molecule has 57 valence electrons. The van der Waals surface area contributed by atoms with Gasteiger partial charge in [0, 0.05) is 12.8 Å². The van der Waals surface area contributed by atoms with Gasteiger partial charge in [-0.1, -0.05) is 27.7 Å². The molecule has 0 rings (SSSR count).